The molecule has 18 heavy (non-hydrogen) atoms. The molecule has 6 heteroatoms. The van der Waals surface area contributed by atoms with Gasteiger partial charge >= 0.3 is 0 Å². The van der Waals surface area contributed by atoms with Crippen molar-refractivity contribution >= 4 is 11.6 Å². The Labute approximate surface area is 102 Å². The fourth-order valence-corrected chi connectivity index (χ4v) is 1.70. The lowest BCUT2D eigenvalue weighted by Crippen LogP contribution is -2.13. The zero-order chi connectivity index (χ0) is 13.1. The largest absolute Gasteiger partial charge is 0.365 e. The third-order valence-electron chi connectivity index (χ3n) is 2.48. The Hall–Kier alpha value is -2.76. The fourth-order valence-electron chi connectivity index (χ4n) is 1.70. The molecular formula is C12H9N3O3. The second-order valence-corrected chi connectivity index (χ2v) is 3.56. The summed E-state index contributed by atoms with van der Waals surface area (Å²) in [4.78, 5) is 25.6. The third-order valence-corrected chi connectivity index (χ3v) is 2.48. The molecule has 0 unspecified atom stereocenters. The number of nitro benzene ring substituents is 1. The predicted molar refractivity (Wildman–Crippen MR) is 64.8 cm³/mol. The molecule has 90 valence electrons. The highest BCUT2D eigenvalue weighted by Crippen LogP contribution is 2.32. The quantitative estimate of drug-likeness (QED) is 0.655. The number of hydrogen-bond donors (Lipinski definition) is 1. The van der Waals surface area contributed by atoms with Crippen LogP contribution in [-0.2, 0) is 0 Å². The van der Waals surface area contributed by atoms with Crippen LogP contribution in [0.25, 0.3) is 11.1 Å². The van der Waals surface area contributed by atoms with Gasteiger partial charge in [-0.3, -0.25) is 19.9 Å². The lowest BCUT2D eigenvalue weighted by atomic mass is 10.0. The molecule has 0 saturated carbocycles. The molecule has 0 aliphatic heterocycles. The van der Waals surface area contributed by atoms with E-state index in [0.29, 0.717) is 11.1 Å². The van der Waals surface area contributed by atoms with Gasteiger partial charge < -0.3 is 5.73 Å². The fraction of sp³-hybridized carbons (Fsp3) is 0. The summed E-state index contributed by atoms with van der Waals surface area (Å²) in [5, 5.41) is 11.1. The van der Waals surface area contributed by atoms with Crippen molar-refractivity contribution in [1.29, 1.82) is 0 Å². The molecule has 0 bridgehead atoms. The molecule has 0 atom stereocenters. The summed E-state index contributed by atoms with van der Waals surface area (Å²) < 4.78 is 0. The first kappa shape index (κ1) is 11.7. The Bertz CT molecular complexity index is 611. The highest BCUT2D eigenvalue weighted by molar-refractivity contribution is 6.00. The number of carbonyl (C=O) groups excluding carboxylic acids is 1. The molecule has 1 aromatic carbocycles. The highest BCUT2D eigenvalue weighted by Gasteiger charge is 2.23. The van der Waals surface area contributed by atoms with Gasteiger partial charge in [0.05, 0.1) is 10.5 Å². The zero-order valence-electron chi connectivity index (χ0n) is 9.24. The highest BCUT2D eigenvalue weighted by atomic mass is 16.6. The number of nitrogens with two attached hydrogens (primary N) is 1. The number of para-hydroxylation sites is 1. The number of nitrogens with zero attached hydrogens (tertiary/aromatic N) is 2. The Balaban J connectivity index is 2.72. The lowest BCUT2D eigenvalue weighted by Gasteiger charge is -2.05. The van der Waals surface area contributed by atoms with E-state index >= 15 is 0 Å². The second-order valence-electron chi connectivity index (χ2n) is 3.56. The molecule has 0 aliphatic carbocycles. The molecule has 1 heterocycles. The van der Waals surface area contributed by atoms with E-state index in [0.717, 1.165) is 0 Å². The number of carbonyl (C=O) groups is 1. The maximum Gasteiger partial charge on any atom is 0.289 e. The van der Waals surface area contributed by atoms with E-state index in [1.807, 2.05) is 0 Å². The first-order valence-corrected chi connectivity index (χ1v) is 5.09. The molecule has 2 rings (SSSR count). The van der Waals surface area contributed by atoms with Crippen LogP contribution in [0, 0.1) is 10.1 Å². The van der Waals surface area contributed by atoms with Crippen molar-refractivity contribution in [3.05, 3.63) is 58.4 Å². The Kier molecular flexibility index (Phi) is 3.01. The van der Waals surface area contributed by atoms with E-state index in [1.54, 1.807) is 24.3 Å². The smallest absolute Gasteiger partial charge is 0.289 e. The molecule has 0 spiro atoms. The number of hydrogen-bond acceptors (Lipinski definition) is 4. The third kappa shape index (κ3) is 2.03. The van der Waals surface area contributed by atoms with E-state index in [-0.39, 0.29) is 11.3 Å². The SMILES string of the molecule is NC(=O)c1cccc(-c2ccncc2)c1[N+](=O)[O-]. The molecular weight excluding hydrogens is 234 g/mol. The normalized spacial score (nSPS) is 10.0. The average molecular weight is 243 g/mol. The van der Waals surface area contributed by atoms with E-state index in [2.05, 4.69) is 4.98 Å². The minimum absolute atomic E-state index is 0.102. The number of benzene rings is 1. The number of rotatable bonds is 3. The molecule has 1 amide bonds. The van der Waals surface area contributed by atoms with Crippen molar-refractivity contribution in [3.8, 4) is 11.1 Å². The maximum absolute atomic E-state index is 11.2. The minimum atomic E-state index is -0.822. The van der Waals surface area contributed by atoms with E-state index < -0.39 is 10.8 Å². The van der Waals surface area contributed by atoms with Gasteiger partial charge in [0.15, 0.2) is 0 Å². The summed E-state index contributed by atoms with van der Waals surface area (Å²) in [6, 6.07) is 7.73. The lowest BCUT2D eigenvalue weighted by molar-refractivity contribution is -0.384. The van der Waals surface area contributed by atoms with Gasteiger partial charge in [0.2, 0.25) is 0 Å². The summed E-state index contributed by atoms with van der Waals surface area (Å²) in [6.45, 7) is 0. The Morgan fingerprint density at radius 3 is 2.44 bits per heavy atom. The summed E-state index contributed by atoms with van der Waals surface area (Å²) in [7, 11) is 0. The van der Waals surface area contributed by atoms with Crippen LogP contribution in [0.15, 0.2) is 42.7 Å². The van der Waals surface area contributed by atoms with Crippen molar-refractivity contribution in [2.45, 2.75) is 0 Å². The molecule has 2 N–H and O–H groups in total. The van der Waals surface area contributed by atoms with Crippen molar-refractivity contribution in [2.24, 2.45) is 5.73 Å². The van der Waals surface area contributed by atoms with Crippen LogP contribution in [-0.4, -0.2) is 15.8 Å². The molecule has 6 nitrogen and oxygen atoms in total. The first-order chi connectivity index (χ1) is 8.61. The van der Waals surface area contributed by atoms with Crippen molar-refractivity contribution < 1.29 is 9.72 Å². The van der Waals surface area contributed by atoms with E-state index in [9.17, 15) is 14.9 Å². The summed E-state index contributed by atoms with van der Waals surface area (Å²) in [5.74, 6) is -0.822. The van der Waals surface area contributed by atoms with Crippen LogP contribution in [0.4, 0.5) is 5.69 Å². The standard InChI is InChI=1S/C12H9N3O3/c13-12(16)10-3-1-2-9(11(10)15(17)18)8-4-6-14-7-5-8/h1-7H,(H2,13,16). The zero-order valence-corrected chi connectivity index (χ0v) is 9.24. The van der Waals surface area contributed by atoms with Crippen LogP contribution < -0.4 is 5.73 Å². The van der Waals surface area contributed by atoms with Gasteiger partial charge in [-0.25, -0.2) is 0 Å². The van der Waals surface area contributed by atoms with Gasteiger partial charge in [-0.1, -0.05) is 6.07 Å². The van der Waals surface area contributed by atoms with Crippen molar-refractivity contribution in [2.75, 3.05) is 0 Å². The molecule has 0 radical (unpaired) electrons. The minimum Gasteiger partial charge on any atom is -0.365 e. The number of amides is 1. The van der Waals surface area contributed by atoms with Gasteiger partial charge in [-0.2, -0.15) is 0 Å². The monoisotopic (exact) mass is 243 g/mol. The van der Waals surface area contributed by atoms with Crippen LogP contribution in [0.1, 0.15) is 10.4 Å². The predicted octanol–water partition coefficient (Wildman–Crippen LogP) is 1.76. The van der Waals surface area contributed by atoms with Crippen molar-refractivity contribution in [1.82, 2.24) is 4.98 Å². The van der Waals surface area contributed by atoms with Gasteiger partial charge in [0, 0.05) is 12.4 Å². The topological polar surface area (TPSA) is 99.1 Å². The number of nitro groups is 1. The van der Waals surface area contributed by atoms with Gasteiger partial charge in [-0.05, 0) is 29.8 Å². The van der Waals surface area contributed by atoms with Gasteiger partial charge in [0.25, 0.3) is 11.6 Å². The molecule has 2 aromatic rings. The van der Waals surface area contributed by atoms with Crippen LogP contribution in [0.5, 0.6) is 0 Å². The molecule has 1 aromatic heterocycles. The van der Waals surface area contributed by atoms with Crippen LogP contribution >= 0.6 is 0 Å². The maximum atomic E-state index is 11.2. The Morgan fingerprint density at radius 1 is 1.22 bits per heavy atom. The van der Waals surface area contributed by atoms with E-state index in [1.165, 1.54) is 18.5 Å². The Morgan fingerprint density at radius 2 is 1.89 bits per heavy atom. The van der Waals surface area contributed by atoms with Crippen LogP contribution in [0.3, 0.4) is 0 Å². The molecule has 0 fully saturated rings. The van der Waals surface area contributed by atoms with Crippen LogP contribution in [0.2, 0.25) is 0 Å². The summed E-state index contributed by atoms with van der Waals surface area (Å²) >= 11 is 0. The second kappa shape index (κ2) is 4.62. The van der Waals surface area contributed by atoms with Gasteiger partial charge in [-0.15, -0.1) is 0 Å². The molecule has 0 saturated heterocycles. The summed E-state index contributed by atoms with van der Waals surface area (Å²) in [6.07, 6.45) is 3.05. The summed E-state index contributed by atoms with van der Waals surface area (Å²) in [5.41, 5.74) is 5.72. The number of primary amides is 1. The number of aromatic nitrogens is 1. The van der Waals surface area contributed by atoms with E-state index in [4.69, 9.17) is 5.73 Å². The van der Waals surface area contributed by atoms with Gasteiger partial charge in [0.1, 0.15) is 5.56 Å². The number of pyridine rings is 1. The first-order valence-electron chi connectivity index (χ1n) is 5.09. The van der Waals surface area contributed by atoms with Crippen molar-refractivity contribution in [3.63, 3.8) is 0 Å². The average Bonchev–Trinajstić information content (AvgIpc) is 2.38. The molecule has 0 aliphatic rings.